The normalized spacial score (nSPS) is 12.4. The van der Waals surface area contributed by atoms with Crippen LogP contribution in [0.3, 0.4) is 0 Å². The van der Waals surface area contributed by atoms with Gasteiger partial charge in [0, 0.05) is 24.0 Å². The first kappa shape index (κ1) is 19.4. The Morgan fingerprint density at radius 1 is 1.28 bits per heavy atom. The SMILES string of the molecule is O=C(N[C@@H]([NH2+]Cc1cccnc1)C(Cl)(Cl)Cl)c1ccccc1[N+](=O)[O-]. The van der Waals surface area contributed by atoms with E-state index < -0.39 is 20.8 Å². The van der Waals surface area contributed by atoms with E-state index in [1.54, 1.807) is 23.8 Å². The number of nitrogens with one attached hydrogen (secondary N) is 1. The Bertz CT molecular complexity index is 753. The summed E-state index contributed by atoms with van der Waals surface area (Å²) in [5, 5.41) is 15.2. The van der Waals surface area contributed by atoms with Crippen LogP contribution < -0.4 is 10.6 Å². The van der Waals surface area contributed by atoms with E-state index in [9.17, 15) is 14.9 Å². The average Bonchev–Trinajstić information content (AvgIpc) is 2.58. The number of rotatable bonds is 6. The Balaban J connectivity index is 2.14. The Morgan fingerprint density at radius 2 is 2.00 bits per heavy atom. The number of halogens is 3. The summed E-state index contributed by atoms with van der Waals surface area (Å²) in [6, 6.07) is 9.16. The number of alkyl halides is 3. The van der Waals surface area contributed by atoms with Crippen LogP contribution in [-0.2, 0) is 6.54 Å². The van der Waals surface area contributed by atoms with Crippen molar-refractivity contribution in [2.75, 3.05) is 0 Å². The van der Waals surface area contributed by atoms with Crippen molar-refractivity contribution >= 4 is 46.4 Å². The molecule has 1 amide bonds. The second-order valence-electron chi connectivity index (χ2n) is 5.07. The van der Waals surface area contributed by atoms with Gasteiger partial charge < -0.3 is 5.32 Å². The number of nitrogens with two attached hydrogens (primary N) is 1. The zero-order valence-corrected chi connectivity index (χ0v) is 15.0. The third kappa shape index (κ3) is 5.54. The van der Waals surface area contributed by atoms with Crippen molar-refractivity contribution in [1.29, 1.82) is 0 Å². The zero-order valence-electron chi connectivity index (χ0n) is 12.7. The van der Waals surface area contributed by atoms with Gasteiger partial charge >= 0.3 is 0 Å². The lowest BCUT2D eigenvalue weighted by molar-refractivity contribution is -0.706. The minimum absolute atomic E-state index is 0.110. The van der Waals surface area contributed by atoms with Crippen molar-refractivity contribution in [2.45, 2.75) is 16.5 Å². The highest BCUT2D eigenvalue weighted by Crippen LogP contribution is 2.28. The first-order valence-electron chi connectivity index (χ1n) is 7.12. The molecule has 0 fully saturated rings. The number of nitro groups is 1. The number of nitrogens with zero attached hydrogens (tertiary/aromatic N) is 2. The van der Waals surface area contributed by atoms with E-state index in [0.717, 1.165) is 5.56 Å². The molecule has 1 aromatic heterocycles. The Morgan fingerprint density at radius 3 is 2.60 bits per heavy atom. The van der Waals surface area contributed by atoms with Crippen LogP contribution in [0.25, 0.3) is 0 Å². The largest absolute Gasteiger partial charge is 0.319 e. The fourth-order valence-electron chi connectivity index (χ4n) is 2.09. The van der Waals surface area contributed by atoms with Gasteiger partial charge in [0.05, 0.1) is 4.92 Å². The number of nitro benzene ring substituents is 1. The Hall–Kier alpha value is -1.93. The maximum Gasteiger partial charge on any atom is 0.282 e. The first-order chi connectivity index (χ1) is 11.8. The van der Waals surface area contributed by atoms with Crippen LogP contribution in [0.2, 0.25) is 0 Å². The minimum Gasteiger partial charge on any atom is -0.319 e. The highest BCUT2D eigenvalue weighted by molar-refractivity contribution is 6.68. The first-order valence-corrected chi connectivity index (χ1v) is 8.25. The van der Waals surface area contributed by atoms with E-state index in [1.807, 2.05) is 6.07 Å². The summed E-state index contributed by atoms with van der Waals surface area (Å²) in [5.74, 6) is -0.703. The van der Waals surface area contributed by atoms with Gasteiger partial charge in [-0.2, -0.15) is 0 Å². The molecule has 0 aliphatic rings. The molecule has 10 heteroatoms. The van der Waals surface area contributed by atoms with Crippen molar-refractivity contribution in [2.24, 2.45) is 0 Å². The lowest BCUT2D eigenvalue weighted by Gasteiger charge is -2.23. The molecule has 1 atom stereocenters. The zero-order chi connectivity index (χ0) is 18.4. The van der Waals surface area contributed by atoms with Gasteiger partial charge in [-0.1, -0.05) is 53.0 Å². The molecule has 7 nitrogen and oxygen atoms in total. The molecule has 25 heavy (non-hydrogen) atoms. The van der Waals surface area contributed by atoms with E-state index in [-0.39, 0.29) is 11.3 Å². The topological polar surface area (TPSA) is 102 Å². The number of carbonyl (C=O) groups is 1. The second-order valence-corrected chi connectivity index (χ2v) is 7.44. The smallest absolute Gasteiger partial charge is 0.282 e. The number of para-hydroxylation sites is 1. The summed E-state index contributed by atoms with van der Waals surface area (Å²) >= 11 is 17.8. The van der Waals surface area contributed by atoms with Gasteiger partial charge in [-0.25, -0.2) is 0 Å². The third-order valence-electron chi connectivity index (χ3n) is 3.30. The minimum atomic E-state index is -1.82. The van der Waals surface area contributed by atoms with Gasteiger partial charge in [0.25, 0.3) is 15.4 Å². The van der Waals surface area contributed by atoms with E-state index in [0.29, 0.717) is 6.54 Å². The maximum atomic E-state index is 12.4. The monoisotopic (exact) mass is 403 g/mol. The van der Waals surface area contributed by atoms with Crippen LogP contribution in [0.1, 0.15) is 15.9 Å². The Kier molecular flexibility index (Phi) is 6.55. The van der Waals surface area contributed by atoms with E-state index in [4.69, 9.17) is 34.8 Å². The molecule has 0 spiro atoms. The number of quaternary nitrogens is 1. The molecule has 1 aromatic carbocycles. The molecular formula is C15H14Cl3N4O3+. The molecule has 0 saturated carbocycles. The molecule has 2 rings (SSSR count). The summed E-state index contributed by atoms with van der Waals surface area (Å²) in [7, 11) is 0. The fourth-order valence-corrected chi connectivity index (χ4v) is 2.52. The highest BCUT2D eigenvalue weighted by Gasteiger charge is 2.38. The highest BCUT2D eigenvalue weighted by atomic mass is 35.6. The van der Waals surface area contributed by atoms with E-state index in [1.165, 1.54) is 24.3 Å². The molecule has 0 radical (unpaired) electrons. The van der Waals surface area contributed by atoms with Crippen LogP contribution in [0.15, 0.2) is 48.8 Å². The number of benzene rings is 1. The fraction of sp³-hybridized carbons (Fsp3) is 0.200. The van der Waals surface area contributed by atoms with Gasteiger partial charge in [-0.3, -0.25) is 25.2 Å². The van der Waals surface area contributed by atoms with Gasteiger partial charge in [0.1, 0.15) is 12.1 Å². The number of amides is 1. The second kappa shape index (κ2) is 8.44. The predicted molar refractivity (Wildman–Crippen MR) is 94.5 cm³/mol. The average molecular weight is 405 g/mol. The van der Waals surface area contributed by atoms with Gasteiger partial charge in [-0.05, 0) is 12.1 Å². The lowest BCUT2D eigenvalue weighted by atomic mass is 10.1. The number of aromatic nitrogens is 1. The number of carbonyl (C=O) groups excluding carboxylic acids is 1. The molecule has 0 aliphatic carbocycles. The summed E-state index contributed by atoms with van der Waals surface area (Å²) in [4.78, 5) is 26.8. The van der Waals surface area contributed by atoms with Crippen LogP contribution in [0.4, 0.5) is 5.69 Å². The molecule has 0 bridgehead atoms. The van der Waals surface area contributed by atoms with Crippen molar-refractivity contribution in [3.63, 3.8) is 0 Å². The van der Waals surface area contributed by atoms with Crippen LogP contribution >= 0.6 is 34.8 Å². The molecule has 3 N–H and O–H groups in total. The van der Waals surface area contributed by atoms with E-state index >= 15 is 0 Å². The summed E-state index contributed by atoms with van der Waals surface area (Å²) in [6.45, 7) is 0.392. The summed E-state index contributed by atoms with van der Waals surface area (Å²) in [5.41, 5.74) is 0.429. The van der Waals surface area contributed by atoms with Crippen molar-refractivity contribution in [1.82, 2.24) is 10.3 Å². The number of pyridine rings is 1. The molecule has 0 saturated heterocycles. The van der Waals surface area contributed by atoms with Crippen molar-refractivity contribution in [3.05, 3.63) is 70.0 Å². The molecule has 0 aliphatic heterocycles. The standard InChI is InChI=1S/C15H13Cl3N4O3/c16-15(17,18)14(20-9-10-4-3-7-19-8-10)21-13(23)11-5-1-2-6-12(11)22(24)25/h1-8,14,20H,9H2,(H,21,23)/p+1/t14-/m1/s1. The molecule has 2 aromatic rings. The Labute approximate surface area is 158 Å². The van der Waals surface area contributed by atoms with Crippen molar-refractivity contribution < 1.29 is 15.0 Å². The van der Waals surface area contributed by atoms with Gasteiger partial charge in [0.2, 0.25) is 6.17 Å². The molecule has 132 valence electrons. The van der Waals surface area contributed by atoms with E-state index in [2.05, 4.69) is 10.3 Å². The number of hydrogen-bond acceptors (Lipinski definition) is 4. The lowest BCUT2D eigenvalue weighted by Crippen LogP contribution is -2.95. The van der Waals surface area contributed by atoms with Gasteiger partial charge in [0.15, 0.2) is 0 Å². The number of hydrogen-bond donors (Lipinski definition) is 2. The van der Waals surface area contributed by atoms with Crippen molar-refractivity contribution in [3.8, 4) is 0 Å². The molecular weight excluding hydrogens is 391 g/mol. The summed E-state index contributed by atoms with van der Waals surface area (Å²) in [6.07, 6.45) is 2.33. The van der Waals surface area contributed by atoms with Crippen LogP contribution in [-0.4, -0.2) is 25.8 Å². The quantitative estimate of drug-likeness (QED) is 0.333. The van der Waals surface area contributed by atoms with Gasteiger partial charge in [-0.15, -0.1) is 0 Å². The summed E-state index contributed by atoms with van der Waals surface area (Å²) < 4.78 is -1.82. The molecule has 1 heterocycles. The molecule has 0 unspecified atom stereocenters. The predicted octanol–water partition coefficient (Wildman–Crippen LogP) is 2.18. The van der Waals surface area contributed by atoms with Crippen LogP contribution in [0, 0.1) is 10.1 Å². The third-order valence-corrected chi connectivity index (χ3v) is 4.00. The van der Waals surface area contributed by atoms with Crippen LogP contribution in [0.5, 0.6) is 0 Å². The maximum absolute atomic E-state index is 12.4.